The molecule has 0 aliphatic carbocycles. The number of carboxylic acids is 1. The first-order valence-electron chi connectivity index (χ1n) is 13.6. The number of rotatable bonds is 6. The molecule has 2 amide bonds. The number of anilines is 1. The predicted molar refractivity (Wildman–Crippen MR) is 157 cm³/mol. The normalized spacial score (nSPS) is 17.3. The van der Waals surface area contributed by atoms with Crippen molar-refractivity contribution < 1.29 is 33.1 Å². The number of aromatic carboxylic acids is 1. The Kier molecular flexibility index (Phi) is 7.79. The Balaban J connectivity index is 1.33. The monoisotopic (exact) mass is 616 g/mol. The minimum absolute atomic E-state index is 0.0422. The minimum Gasteiger partial charge on any atom is -0.478 e. The van der Waals surface area contributed by atoms with Gasteiger partial charge >= 0.3 is 5.97 Å². The molecule has 0 saturated carbocycles. The number of aromatic nitrogens is 1. The van der Waals surface area contributed by atoms with Crippen LogP contribution in [0.15, 0.2) is 84.3 Å². The van der Waals surface area contributed by atoms with Crippen LogP contribution in [0.4, 0.5) is 14.5 Å². The van der Waals surface area contributed by atoms with Gasteiger partial charge in [0.15, 0.2) is 5.82 Å². The van der Waals surface area contributed by atoms with Crippen LogP contribution in [0.5, 0.6) is 0 Å². The molecule has 1 aromatic heterocycles. The highest BCUT2D eigenvalue weighted by Gasteiger charge is 2.42. The van der Waals surface area contributed by atoms with E-state index in [1.807, 2.05) is 0 Å². The second kappa shape index (κ2) is 11.8. The molecule has 0 spiro atoms. The number of fused-ring (bicyclic) bond motifs is 1. The first-order chi connectivity index (χ1) is 21.2. The molecule has 2 aliphatic heterocycles. The van der Waals surface area contributed by atoms with E-state index in [1.165, 1.54) is 53.6 Å². The molecule has 4 aromatic rings. The lowest BCUT2D eigenvalue weighted by molar-refractivity contribution is -0.148. The number of nitrogens with one attached hydrogen (secondary N) is 1. The van der Waals surface area contributed by atoms with Crippen molar-refractivity contribution in [3.63, 3.8) is 0 Å². The Hall–Kier alpha value is -5.16. The van der Waals surface area contributed by atoms with E-state index in [1.54, 1.807) is 24.3 Å². The highest BCUT2D eigenvalue weighted by Crippen LogP contribution is 2.38. The lowest BCUT2D eigenvalue weighted by atomic mass is 9.86. The van der Waals surface area contributed by atoms with Gasteiger partial charge in [0.25, 0.3) is 11.8 Å². The fourth-order valence-corrected chi connectivity index (χ4v) is 5.68. The number of carbonyl (C=O) groups excluding carboxylic acids is 2. The molecule has 2 atom stereocenters. The number of carbonyl (C=O) groups is 3. The van der Waals surface area contributed by atoms with Crippen LogP contribution in [0, 0.1) is 11.6 Å². The summed E-state index contributed by atoms with van der Waals surface area (Å²) in [5, 5.41) is 15.9. The third-order valence-electron chi connectivity index (χ3n) is 7.57. The number of hydrogen-bond donors (Lipinski definition) is 2. The molecule has 6 rings (SSSR count). The summed E-state index contributed by atoms with van der Waals surface area (Å²) in [6.07, 6.45) is 1.80. The van der Waals surface area contributed by atoms with Crippen molar-refractivity contribution in [2.45, 2.75) is 25.0 Å². The van der Waals surface area contributed by atoms with E-state index in [4.69, 9.17) is 16.4 Å². The van der Waals surface area contributed by atoms with Crippen LogP contribution in [-0.4, -0.2) is 51.1 Å². The number of halogens is 3. The van der Waals surface area contributed by atoms with Crippen LogP contribution < -0.4 is 5.32 Å². The van der Waals surface area contributed by atoms with Crippen LogP contribution >= 0.6 is 11.6 Å². The fourth-order valence-electron chi connectivity index (χ4n) is 5.51. The first-order valence-corrected chi connectivity index (χ1v) is 13.9. The zero-order chi connectivity index (χ0) is 31.0. The summed E-state index contributed by atoms with van der Waals surface area (Å²) in [5.41, 5.74) is 3.15. The third kappa shape index (κ3) is 5.49. The zero-order valence-corrected chi connectivity index (χ0v) is 23.6. The van der Waals surface area contributed by atoms with Gasteiger partial charge in [0.05, 0.1) is 22.5 Å². The maximum Gasteiger partial charge on any atom is 0.335 e. The van der Waals surface area contributed by atoms with Gasteiger partial charge in [-0.05, 0) is 65.6 Å². The van der Waals surface area contributed by atoms with Crippen molar-refractivity contribution in [3.8, 4) is 11.1 Å². The van der Waals surface area contributed by atoms with Crippen molar-refractivity contribution in [1.82, 2.24) is 9.88 Å². The molecule has 44 heavy (non-hydrogen) atoms. The van der Waals surface area contributed by atoms with Crippen LogP contribution in [0.25, 0.3) is 11.1 Å². The Morgan fingerprint density at radius 1 is 1.00 bits per heavy atom. The molecule has 1 unspecified atom stereocenters. The van der Waals surface area contributed by atoms with Gasteiger partial charge in [-0.3, -0.25) is 14.6 Å². The molecule has 2 aliphatic rings. The summed E-state index contributed by atoms with van der Waals surface area (Å²) in [6.45, 7) is 0.113. The molecule has 0 radical (unpaired) electrons. The predicted octanol–water partition coefficient (Wildman–Crippen LogP) is 5.64. The summed E-state index contributed by atoms with van der Waals surface area (Å²) in [5.74, 6) is -3.40. The summed E-state index contributed by atoms with van der Waals surface area (Å²) in [4.78, 5) is 49.9. The highest BCUT2D eigenvalue weighted by molar-refractivity contribution is 6.31. The maximum atomic E-state index is 14.7. The van der Waals surface area contributed by atoms with Crippen molar-refractivity contribution in [1.29, 1.82) is 0 Å². The van der Waals surface area contributed by atoms with Gasteiger partial charge < -0.3 is 20.2 Å². The summed E-state index contributed by atoms with van der Waals surface area (Å²) < 4.78 is 28.8. The number of pyridine rings is 1. The molecular weight excluding hydrogens is 594 g/mol. The van der Waals surface area contributed by atoms with Crippen molar-refractivity contribution in [3.05, 3.63) is 118 Å². The second-order valence-corrected chi connectivity index (χ2v) is 10.7. The molecule has 3 aromatic carbocycles. The smallest absolute Gasteiger partial charge is 0.335 e. The van der Waals surface area contributed by atoms with Gasteiger partial charge in [0.2, 0.25) is 6.10 Å². The average Bonchev–Trinajstić information content (AvgIpc) is 3.51. The van der Waals surface area contributed by atoms with Gasteiger partial charge in [-0.25, -0.2) is 13.6 Å². The van der Waals surface area contributed by atoms with Crippen LogP contribution in [0.2, 0.25) is 5.02 Å². The SMILES string of the molecule is O=C(O)c1ccc(NC(=O)[C@@H]2c3cccc(-c4cncc(F)c4)c3CCN2C(=O)C2CC(c3cccc(Cl)c3F)=NO2)cc1. The molecule has 3 heterocycles. The molecule has 222 valence electrons. The molecule has 2 N–H and O–H groups in total. The maximum absolute atomic E-state index is 14.7. The third-order valence-corrected chi connectivity index (χ3v) is 7.87. The number of benzene rings is 3. The number of oxime groups is 1. The topological polar surface area (TPSA) is 121 Å². The van der Waals surface area contributed by atoms with E-state index >= 15 is 0 Å². The lowest BCUT2D eigenvalue weighted by Crippen LogP contribution is -2.49. The van der Waals surface area contributed by atoms with E-state index in [9.17, 15) is 28.3 Å². The zero-order valence-electron chi connectivity index (χ0n) is 22.8. The Bertz CT molecular complexity index is 1830. The minimum atomic E-state index is -1.14. The molecule has 12 heteroatoms. The van der Waals surface area contributed by atoms with Gasteiger partial charge in [-0.2, -0.15) is 0 Å². The van der Waals surface area contributed by atoms with Gasteiger partial charge in [-0.15, -0.1) is 0 Å². The number of hydrogen-bond acceptors (Lipinski definition) is 6. The van der Waals surface area contributed by atoms with Crippen LogP contribution in [-0.2, 0) is 20.8 Å². The lowest BCUT2D eigenvalue weighted by Gasteiger charge is -2.38. The van der Waals surface area contributed by atoms with Gasteiger partial charge in [-0.1, -0.05) is 41.0 Å². The summed E-state index contributed by atoms with van der Waals surface area (Å²) >= 11 is 5.93. The molecule has 0 bridgehead atoms. The first kappa shape index (κ1) is 28.9. The largest absolute Gasteiger partial charge is 0.478 e. The van der Waals surface area contributed by atoms with Gasteiger partial charge in [0, 0.05) is 36.0 Å². The Labute approximate surface area is 254 Å². The molecular formula is C32H23ClF2N4O5. The van der Waals surface area contributed by atoms with Crippen LogP contribution in [0.1, 0.15) is 39.5 Å². The quantitative estimate of drug-likeness (QED) is 0.289. The molecule has 0 fully saturated rings. The Morgan fingerprint density at radius 2 is 1.75 bits per heavy atom. The standard InChI is InChI=1S/C32H23ClF2N4O5/c33-25-6-2-5-24(28(25)35)26-14-27(44-38-26)31(41)39-12-11-22-21(18-13-19(34)16-36-15-18)3-1-4-23(22)29(39)30(40)37-20-9-7-17(8-10-20)32(42)43/h1-10,13,15-16,27,29H,11-12,14H2,(H,37,40)(H,42,43)/t27?,29-/m0/s1. The highest BCUT2D eigenvalue weighted by atomic mass is 35.5. The van der Waals surface area contributed by atoms with Crippen molar-refractivity contribution in [2.24, 2.45) is 5.16 Å². The number of nitrogens with zero attached hydrogens (tertiary/aromatic N) is 3. The number of amides is 2. The summed E-state index contributed by atoms with van der Waals surface area (Å²) in [7, 11) is 0. The fraction of sp³-hybridized carbons (Fsp3) is 0.156. The van der Waals surface area contributed by atoms with E-state index in [2.05, 4.69) is 15.5 Å². The van der Waals surface area contributed by atoms with E-state index < -0.39 is 41.6 Å². The molecule has 0 saturated heterocycles. The Morgan fingerprint density at radius 3 is 2.50 bits per heavy atom. The summed E-state index contributed by atoms with van der Waals surface area (Å²) in [6, 6.07) is 15.5. The second-order valence-electron chi connectivity index (χ2n) is 10.3. The van der Waals surface area contributed by atoms with Crippen molar-refractivity contribution >= 4 is 40.8 Å². The van der Waals surface area contributed by atoms with E-state index in [0.717, 1.165) is 11.8 Å². The number of carboxylic acid groups (broad SMARTS) is 1. The van der Waals surface area contributed by atoms with E-state index in [-0.39, 0.29) is 34.8 Å². The molecule has 9 nitrogen and oxygen atoms in total. The average molecular weight is 617 g/mol. The van der Waals surface area contributed by atoms with E-state index in [0.29, 0.717) is 28.8 Å². The van der Waals surface area contributed by atoms with Gasteiger partial charge in [0.1, 0.15) is 11.9 Å². The van der Waals surface area contributed by atoms with Crippen molar-refractivity contribution in [2.75, 3.05) is 11.9 Å². The van der Waals surface area contributed by atoms with Crippen LogP contribution in [0.3, 0.4) is 0 Å².